The van der Waals surface area contributed by atoms with Crippen molar-refractivity contribution in [2.24, 2.45) is 0 Å². The fourth-order valence-electron chi connectivity index (χ4n) is 4.35. The Balaban J connectivity index is 1.65. The molecule has 5 aromatic rings. The number of hydrogen-bond acceptors (Lipinski definition) is 1. The third-order valence-corrected chi connectivity index (χ3v) is 5.92. The van der Waals surface area contributed by atoms with Gasteiger partial charge in [-0.15, -0.1) is 0 Å². The molecule has 0 radical (unpaired) electrons. The standard InChI is InChI=1S/C27H19NO/c29-27(28-15-16-28)20-11-9-19(10-12-20)26-23-8-4-2-6-21(23)17-25-22-7-3-1-5-18(22)13-14-24(25)26/h1-14,17H,15-16H2. The van der Waals surface area contributed by atoms with Crippen LogP contribution >= 0.6 is 0 Å². The van der Waals surface area contributed by atoms with Crippen LogP contribution in [-0.4, -0.2) is 23.9 Å². The van der Waals surface area contributed by atoms with E-state index in [9.17, 15) is 4.79 Å². The van der Waals surface area contributed by atoms with Crippen LogP contribution in [-0.2, 0) is 0 Å². The molecular weight excluding hydrogens is 354 g/mol. The predicted octanol–water partition coefficient (Wildman–Crippen LogP) is 6.27. The molecule has 5 aromatic carbocycles. The van der Waals surface area contributed by atoms with Gasteiger partial charge in [-0.2, -0.15) is 0 Å². The molecule has 0 aliphatic carbocycles. The van der Waals surface area contributed by atoms with Gasteiger partial charge in [0.25, 0.3) is 5.91 Å². The first-order valence-electron chi connectivity index (χ1n) is 10.0. The highest BCUT2D eigenvalue weighted by Gasteiger charge is 2.25. The number of hydrogen-bond donors (Lipinski definition) is 0. The fourth-order valence-corrected chi connectivity index (χ4v) is 4.35. The van der Waals surface area contributed by atoms with E-state index >= 15 is 0 Å². The number of nitrogens with zero attached hydrogens (tertiary/aromatic N) is 1. The molecule has 1 saturated heterocycles. The summed E-state index contributed by atoms with van der Waals surface area (Å²) in [7, 11) is 0. The number of carbonyl (C=O) groups excluding carboxylic acids is 1. The zero-order chi connectivity index (χ0) is 19.4. The van der Waals surface area contributed by atoms with E-state index in [1.807, 2.05) is 17.0 Å². The smallest absolute Gasteiger partial charge is 0.253 e. The molecular formula is C27H19NO. The molecule has 1 heterocycles. The predicted molar refractivity (Wildman–Crippen MR) is 120 cm³/mol. The second-order valence-corrected chi connectivity index (χ2v) is 7.72. The van der Waals surface area contributed by atoms with Gasteiger partial charge in [0, 0.05) is 18.7 Å². The van der Waals surface area contributed by atoms with Gasteiger partial charge in [-0.25, -0.2) is 0 Å². The first-order valence-corrected chi connectivity index (χ1v) is 10.0. The van der Waals surface area contributed by atoms with E-state index in [0.29, 0.717) is 0 Å². The van der Waals surface area contributed by atoms with Crippen LogP contribution in [0.1, 0.15) is 10.4 Å². The lowest BCUT2D eigenvalue weighted by molar-refractivity contribution is 0.0885. The number of benzene rings is 5. The Bertz CT molecular complexity index is 1410. The zero-order valence-corrected chi connectivity index (χ0v) is 15.9. The van der Waals surface area contributed by atoms with E-state index < -0.39 is 0 Å². The van der Waals surface area contributed by atoms with Crippen LogP contribution in [0.5, 0.6) is 0 Å². The van der Waals surface area contributed by atoms with Crippen molar-refractivity contribution in [2.45, 2.75) is 0 Å². The minimum absolute atomic E-state index is 0.130. The quantitative estimate of drug-likeness (QED) is 0.203. The maximum Gasteiger partial charge on any atom is 0.253 e. The summed E-state index contributed by atoms with van der Waals surface area (Å²) in [6.45, 7) is 1.75. The van der Waals surface area contributed by atoms with Crippen LogP contribution < -0.4 is 0 Å². The maximum absolute atomic E-state index is 12.4. The molecule has 0 bridgehead atoms. The van der Waals surface area contributed by atoms with Crippen LogP contribution in [0, 0.1) is 0 Å². The van der Waals surface area contributed by atoms with Gasteiger partial charge in [0.2, 0.25) is 0 Å². The molecule has 1 aliphatic heterocycles. The highest BCUT2D eigenvalue weighted by Crippen LogP contribution is 2.39. The molecule has 0 aromatic heterocycles. The summed E-state index contributed by atoms with van der Waals surface area (Å²) in [6, 6.07) is 31.9. The van der Waals surface area contributed by atoms with Gasteiger partial charge in [-0.05, 0) is 61.6 Å². The summed E-state index contributed by atoms with van der Waals surface area (Å²) in [4.78, 5) is 14.2. The van der Waals surface area contributed by atoms with E-state index in [1.54, 1.807) is 0 Å². The van der Waals surface area contributed by atoms with Gasteiger partial charge in [-0.1, -0.05) is 72.8 Å². The molecule has 2 nitrogen and oxygen atoms in total. The minimum Gasteiger partial charge on any atom is -0.335 e. The normalized spacial score (nSPS) is 13.3. The van der Waals surface area contributed by atoms with Gasteiger partial charge in [0.15, 0.2) is 0 Å². The Morgan fingerprint density at radius 1 is 0.621 bits per heavy atom. The summed E-state index contributed by atoms with van der Waals surface area (Å²) in [6.07, 6.45) is 0. The zero-order valence-electron chi connectivity index (χ0n) is 15.9. The fraction of sp³-hybridized carbons (Fsp3) is 0.0741. The first kappa shape index (κ1) is 16.3. The van der Waals surface area contributed by atoms with Crippen molar-refractivity contribution in [3.63, 3.8) is 0 Å². The summed E-state index contributed by atoms with van der Waals surface area (Å²) in [5.74, 6) is 0.130. The lowest BCUT2D eigenvalue weighted by Gasteiger charge is -2.14. The van der Waals surface area contributed by atoms with Gasteiger partial charge in [0.1, 0.15) is 0 Å². The molecule has 1 amide bonds. The van der Waals surface area contributed by atoms with Crippen LogP contribution in [0.3, 0.4) is 0 Å². The van der Waals surface area contributed by atoms with E-state index in [-0.39, 0.29) is 5.91 Å². The van der Waals surface area contributed by atoms with Gasteiger partial charge in [0.05, 0.1) is 0 Å². The molecule has 0 spiro atoms. The average Bonchev–Trinajstić information content (AvgIpc) is 3.63. The number of fused-ring (bicyclic) bond motifs is 4. The second-order valence-electron chi connectivity index (χ2n) is 7.72. The Morgan fingerprint density at radius 2 is 1.31 bits per heavy atom. The van der Waals surface area contributed by atoms with Crippen LogP contribution in [0.25, 0.3) is 43.4 Å². The summed E-state index contributed by atoms with van der Waals surface area (Å²) in [5, 5.41) is 7.50. The highest BCUT2D eigenvalue weighted by atomic mass is 16.2. The van der Waals surface area contributed by atoms with Crippen molar-refractivity contribution >= 4 is 38.2 Å². The Kier molecular flexibility index (Phi) is 3.48. The number of rotatable bonds is 2. The number of carbonyl (C=O) groups is 1. The molecule has 0 atom stereocenters. The SMILES string of the molecule is O=C(c1ccc(-c2c3ccccc3cc3c2ccc2ccccc23)cc1)N1CC1. The van der Waals surface area contributed by atoms with Crippen molar-refractivity contribution in [3.8, 4) is 11.1 Å². The van der Waals surface area contributed by atoms with Crippen LogP contribution in [0.4, 0.5) is 0 Å². The van der Waals surface area contributed by atoms with Crippen molar-refractivity contribution in [1.29, 1.82) is 0 Å². The minimum atomic E-state index is 0.130. The van der Waals surface area contributed by atoms with Gasteiger partial charge < -0.3 is 4.90 Å². The van der Waals surface area contributed by atoms with Crippen molar-refractivity contribution in [1.82, 2.24) is 4.90 Å². The van der Waals surface area contributed by atoms with Crippen LogP contribution in [0.2, 0.25) is 0 Å². The molecule has 1 aliphatic rings. The third-order valence-electron chi connectivity index (χ3n) is 5.92. The lowest BCUT2D eigenvalue weighted by atomic mass is 9.89. The molecule has 0 unspecified atom stereocenters. The van der Waals surface area contributed by atoms with Crippen molar-refractivity contribution in [3.05, 3.63) is 96.6 Å². The van der Waals surface area contributed by atoms with E-state index in [4.69, 9.17) is 0 Å². The maximum atomic E-state index is 12.4. The van der Waals surface area contributed by atoms with Crippen molar-refractivity contribution < 1.29 is 4.79 Å². The highest BCUT2D eigenvalue weighted by molar-refractivity contribution is 6.20. The van der Waals surface area contributed by atoms with Gasteiger partial charge in [-0.3, -0.25) is 4.79 Å². The summed E-state index contributed by atoms with van der Waals surface area (Å²) in [5.41, 5.74) is 3.14. The van der Waals surface area contributed by atoms with E-state index in [0.717, 1.165) is 24.2 Å². The monoisotopic (exact) mass is 373 g/mol. The summed E-state index contributed by atoms with van der Waals surface area (Å²) < 4.78 is 0. The summed E-state index contributed by atoms with van der Waals surface area (Å²) >= 11 is 0. The average molecular weight is 373 g/mol. The van der Waals surface area contributed by atoms with Gasteiger partial charge >= 0.3 is 0 Å². The van der Waals surface area contributed by atoms with E-state index in [1.165, 1.54) is 37.9 Å². The second kappa shape index (κ2) is 6.18. The molecule has 0 saturated carbocycles. The van der Waals surface area contributed by atoms with Crippen molar-refractivity contribution in [2.75, 3.05) is 13.1 Å². The molecule has 0 N–H and O–H groups in total. The number of amides is 1. The topological polar surface area (TPSA) is 20.1 Å². The van der Waals surface area contributed by atoms with E-state index in [2.05, 4.69) is 78.9 Å². The Labute approximate surface area is 169 Å². The van der Waals surface area contributed by atoms with Crippen LogP contribution in [0.15, 0.2) is 91.0 Å². The third kappa shape index (κ3) is 2.60. The molecule has 6 rings (SSSR count). The molecule has 1 fully saturated rings. The lowest BCUT2D eigenvalue weighted by Crippen LogP contribution is -2.09. The molecule has 29 heavy (non-hydrogen) atoms. The Morgan fingerprint density at radius 3 is 2.07 bits per heavy atom. The molecule has 2 heteroatoms. The largest absolute Gasteiger partial charge is 0.335 e. The first-order chi connectivity index (χ1) is 14.3. The molecule has 138 valence electrons. The Hall–Kier alpha value is -3.65.